The SMILES string of the molecule is Cl.Cl.c1cc(CNc2ncnc3c2ncn3C2CCCC2)ccn1. The molecule has 8 heteroatoms. The number of aromatic nitrogens is 5. The van der Waals surface area contributed by atoms with Crippen LogP contribution in [0.25, 0.3) is 11.2 Å². The van der Waals surface area contributed by atoms with Crippen molar-refractivity contribution in [1.29, 1.82) is 0 Å². The van der Waals surface area contributed by atoms with Gasteiger partial charge in [-0.15, -0.1) is 24.8 Å². The molecule has 0 amide bonds. The molecule has 6 nitrogen and oxygen atoms in total. The third kappa shape index (κ3) is 3.60. The van der Waals surface area contributed by atoms with Crippen molar-refractivity contribution < 1.29 is 0 Å². The molecule has 0 saturated heterocycles. The fraction of sp³-hybridized carbons (Fsp3) is 0.375. The summed E-state index contributed by atoms with van der Waals surface area (Å²) in [4.78, 5) is 17.4. The van der Waals surface area contributed by atoms with Crippen LogP contribution in [-0.2, 0) is 6.54 Å². The summed E-state index contributed by atoms with van der Waals surface area (Å²) in [5.74, 6) is 0.790. The van der Waals surface area contributed by atoms with Gasteiger partial charge in [0, 0.05) is 25.0 Å². The average Bonchev–Trinajstić information content (AvgIpc) is 3.22. The Morgan fingerprint density at radius 1 is 1.04 bits per heavy atom. The van der Waals surface area contributed by atoms with Crippen LogP contribution in [0.3, 0.4) is 0 Å². The lowest BCUT2D eigenvalue weighted by atomic mass is 10.2. The Morgan fingerprint density at radius 2 is 1.79 bits per heavy atom. The van der Waals surface area contributed by atoms with Crippen molar-refractivity contribution >= 4 is 41.8 Å². The number of nitrogens with one attached hydrogen (secondary N) is 1. The van der Waals surface area contributed by atoms with Crippen molar-refractivity contribution in [2.24, 2.45) is 0 Å². The van der Waals surface area contributed by atoms with Gasteiger partial charge in [0.1, 0.15) is 11.8 Å². The molecule has 0 bridgehead atoms. The monoisotopic (exact) mass is 366 g/mol. The second-order valence-corrected chi connectivity index (χ2v) is 5.69. The van der Waals surface area contributed by atoms with Gasteiger partial charge in [0.2, 0.25) is 0 Å². The molecular weight excluding hydrogens is 347 g/mol. The number of anilines is 1. The molecule has 0 radical (unpaired) electrons. The minimum Gasteiger partial charge on any atom is -0.364 e. The van der Waals surface area contributed by atoms with E-state index in [0.29, 0.717) is 12.6 Å². The molecule has 0 unspecified atom stereocenters. The Labute approximate surface area is 153 Å². The summed E-state index contributed by atoms with van der Waals surface area (Å²) in [6, 6.07) is 4.51. The molecule has 1 saturated carbocycles. The zero-order valence-corrected chi connectivity index (χ0v) is 14.8. The lowest BCUT2D eigenvalue weighted by Gasteiger charge is -2.11. The minimum atomic E-state index is 0. The standard InChI is InChI=1S/C16H18N6.2ClH/c1-2-4-13(3-1)22-11-21-14-15(19-10-20-16(14)22)18-9-12-5-7-17-8-6-12;;/h5-8,10-11,13H,1-4,9H2,(H,18,19,20);2*1H. The number of hydrogen-bond acceptors (Lipinski definition) is 5. The van der Waals surface area contributed by atoms with Gasteiger partial charge in [-0.05, 0) is 30.5 Å². The van der Waals surface area contributed by atoms with Crippen molar-refractivity contribution in [2.75, 3.05) is 5.32 Å². The number of rotatable bonds is 4. The Hall–Kier alpha value is -1.92. The summed E-state index contributed by atoms with van der Waals surface area (Å²) >= 11 is 0. The molecule has 4 rings (SSSR count). The van der Waals surface area contributed by atoms with Gasteiger partial charge in [-0.3, -0.25) is 4.98 Å². The lowest BCUT2D eigenvalue weighted by molar-refractivity contribution is 0.529. The normalized spacial score (nSPS) is 14.2. The molecule has 24 heavy (non-hydrogen) atoms. The van der Waals surface area contributed by atoms with Crippen LogP contribution >= 0.6 is 24.8 Å². The summed E-state index contributed by atoms with van der Waals surface area (Å²) in [5, 5.41) is 3.35. The van der Waals surface area contributed by atoms with Crippen molar-refractivity contribution in [1.82, 2.24) is 24.5 Å². The Morgan fingerprint density at radius 3 is 2.54 bits per heavy atom. The van der Waals surface area contributed by atoms with E-state index in [-0.39, 0.29) is 24.8 Å². The van der Waals surface area contributed by atoms with Crippen LogP contribution in [0, 0.1) is 0 Å². The summed E-state index contributed by atoms with van der Waals surface area (Å²) in [6.45, 7) is 0.699. The highest BCUT2D eigenvalue weighted by atomic mass is 35.5. The molecule has 1 fully saturated rings. The van der Waals surface area contributed by atoms with Crippen LogP contribution in [0.5, 0.6) is 0 Å². The third-order valence-corrected chi connectivity index (χ3v) is 4.29. The number of imidazole rings is 1. The second-order valence-electron chi connectivity index (χ2n) is 5.69. The molecule has 0 aliphatic heterocycles. The van der Waals surface area contributed by atoms with Crippen LogP contribution in [0.2, 0.25) is 0 Å². The van der Waals surface area contributed by atoms with E-state index >= 15 is 0 Å². The smallest absolute Gasteiger partial charge is 0.165 e. The number of nitrogens with zero attached hydrogens (tertiary/aromatic N) is 5. The lowest BCUT2D eigenvalue weighted by Crippen LogP contribution is -2.05. The molecule has 3 aromatic heterocycles. The third-order valence-electron chi connectivity index (χ3n) is 4.29. The summed E-state index contributed by atoms with van der Waals surface area (Å²) in [7, 11) is 0. The molecule has 0 spiro atoms. The first-order valence-corrected chi connectivity index (χ1v) is 7.72. The molecule has 0 aromatic carbocycles. The van der Waals surface area contributed by atoms with Crippen LogP contribution < -0.4 is 5.32 Å². The zero-order valence-electron chi connectivity index (χ0n) is 13.1. The molecule has 3 aromatic rings. The minimum absolute atomic E-state index is 0. The highest BCUT2D eigenvalue weighted by Crippen LogP contribution is 2.32. The Balaban J connectivity index is 0.00000104. The summed E-state index contributed by atoms with van der Waals surface area (Å²) < 4.78 is 2.21. The number of pyridine rings is 1. The maximum Gasteiger partial charge on any atom is 0.165 e. The van der Waals surface area contributed by atoms with Crippen LogP contribution in [0.4, 0.5) is 5.82 Å². The first kappa shape index (κ1) is 18.4. The van der Waals surface area contributed by atoms with Crippen molar-refractivity contribution in [2.45, 2.75) is 38.3 Å². The number of hydrogen-bond donors (Lipinski definition) is 1. The summed E-state index contributed by atoms with van der Waals surface area (Å²) in [5.41, 5.74) is 2.94. The first-order chi connectivity index (χ1) is 10.9. The van der Waals surface area contributed by atoms with Gasteiger partial charge in [0.05, 0.1) is 6.33 Å². The van der Waals surface area contributed by atoms with Gasteiger partial charge < -0.3 is 9.88 Å². The molecule has 1 aliphatic rings. The van der Waals surface area contributed by atoms with Crippen molar-refractivity contribution in [3.8, 4) is 0 Å². The van der Waals surface area contributed by atoms with E-state index in [0.717, 1.165) is 22.5 Å². The molecule has 3 heterocycles. The van der Waals surface area contributed by atoms with Gasteiger partial charge in [-0.25, -0.2) is 15.0 Å². The Bertz CT molecular complexity index is 771. The quantitative estimate of drug-likeness (QED) is 0.760. The highest BCUT2D eigenvalue weighted by Gasteiger charge is 2.20. The van der Waals surface area contributed by atoms with E-state index in [2.05, 4.69) is 29.8 Å². The van der Waals surface area contributed by atoms with Crippen LogP contribution in [-0.4, -0.2) is 24.5 Å². The van der Waals surface area contributed by atoms with E-state index in [1.54, 1.807) is 18.7 Å². The fourth-order valence-corrected chi connectivity index (χ4v) is 3.12. The van der Waals surface area contributed by atoms with Crippen LogP contribution in [0.1, 0.15) is 37.3 Å². The van der Waals surface area contributed by atoms with E-state index in [4.69, 9.17) is 0 Å². The van der Waals surface area contributed by atoms with Crippen LogP contribution in [0.15, 0.2) is 37.2 Å². The zero-order chi connectivity index (χ0) is 14.8. The van der Waals surface area contributed by atoms with Gasteiger partial charge in [-0.1, -0.05) is 12.8 Å². The summed E-state index contributed by atoms with van der Waals surface area (Å²) in [6.07, 6.45) is 12.1. The van der Waals surface area contributed by atoms with Crippen molar-refractivity contribution in [3.63, 3.8) is 0 Å². The predicted octanol–water partition coefficient (Wildman–Crippen LogP) is 3.79. The van der Waals surface area contributed by atoms with Gasteiger partial charge in [0.15, 0.2) is 11.5 Å². The van der Waals surface area contributed by atoms with E-state index in [1.807, 2.05) is 18.5 Å². The fourth-order valence-electron chi connectivity index (χ4n) is 3.12. The maximum atomic E-state index is 4.54. The van der Waals surface area contributed by atoms with Gasteiger partial charge in [0.25, 0.3) is 0 Å². The van der Waals surface area contributed by atoms with Crippen molar-refractivity contribution in [3.05, 3.63) is 42.7 Å². The highest BCUT2D eigenvalue weighted by molar-refractivity contribution is 5.85. The molecular formula is C16H20Cl2N6. The van der Waals surface area contributed by atoms with Gasteiger partial charge >= 0.3 is 0 Å². The largest absolute Gasteiger partial charge is 0.364 e. The number of fused-ring (bicyclic) bond motifs is 1. The maximum absolute atomic E-state index is 4.54. The molecule has 1 N–H and O–H groups in total. The van der Waals surface area contributed by atoms with E-state index < -0.39 is 0 Å². The van der Waals surface area contributed by atoms with E-state index in [9.17, 15) is 0 Å². The first-order valence-electron chi connectivity index (χ1n) is 7.72. The second kappa shape index (κ2) is 8.26. The van der Waals surface area contributed by atoms with Gasteiger partial charge in [-0.2, -0.15) is 0 Å². The average molecular weight is 367 g/mol. The molecule has 1 aliphatic carbocycles. The topological polar surface area (TPSA) is 68.5 Å². The number of halogens is 2. The molecule has 0 atom stereocenters. The Kier molecular flexibility index (Phi) is 6.34. The van der Waals surface area contributed by atoms with E-state index in [1.165, 1.54) is 25.7 Å². The molecule has 128 valence electrons. The predicted molar refractivity (Wildman–Crippen MR) is 98.9 cm³/mol.